The van der Waals surface area contributed by atoms with Crippen LogP contribution in [0.3, 0.4) is 0 Å². The quantitative estimate of drug-likeness (QED) is 0.825. The van der Waals surface area contributed by atoms with Crippen molar-refractivity contribution < 1.29 is 17.9 Å². The molecule has 0 radical (unpaired) electrons. The van der Waals surface area contributed by atoms with Gasteiger partial charge in [-0.05, 0) is 50.8 Å². The molecule has 0 bridgehead atoms. The van der Waals surface area contributed by atoms with E-state index in [9.17, 15) is 13.2 Å². The van der Waals surface area contributed by atoms with Crippen LogP contribution in [0.15, 0.2) is 35.4 Å². The fourth-order valence-corrected chi connectivity index (χ4v) is 5.66. The first kappa shape index (κ1) is 20.3. The number of nitrogens with two attached hydrogens (primary N) is 1. The fourth-order valence-electron chi connectivity index (χ4n) is 3.73. The molecule has 150 valence electrons. The molecule has 2 aromatic rings. The minimum Gasteiger partial charge on any atom is -0.489 e. The molecule has 1 amide bonds. The van der Waals surface area contributed by atoms with Crippen LogP contribution >= 0.6 is 0 Å². The first-order valence-electron chi connectivity index (χ1n) is 9.19. The number of piperidine rings is 1. The zero-order valence-corrected chi connectivity index (χ0v) is 17.1. The van der Waals surface area contributed by atoms with Gasteiger partial charge in [0.2, 0.25) is 10.0 Å². The van der Waals surface area contributed by atoms with Crippen molar-refractivity contribution in [1.82, 2.24) is 9.29 Å². The van der Waals surface area contributed by atoms with Crippen LogP contribution in [0.25, 0.3) is 0 Å². The average Bonchev–Trinajstić information content (AvgIpc) is 2.61. The number of pyridine rings is 1. The Morgan fingerprint density at radius 2 is 1.89 bits per heavy atom. The second-order valence-electron chi connectivity index (χ2n) is 7.21. The van der Waals surface area contributed by atoms with Crippen molar-refractivity contribution in [2.24, 2.45) is 5.73 Å². The Morgan fingerprint density at radius 3 is 2.54 bits per heavy atom. The molecular weight excluding hydrogens is 378 g/mol. The largest absolute Gasteiger partial charge is 0.489 e. The van der Waals surface area contributed by atoms with Crippen LogP contribution in [0.4, 0.5) is 0 Å². The predicted octanol–water partition coefficient (Wildman–Crippen LogP) is 2.34. The molecule has 0 spiro atoms. The number of ether oxygens (including phenoxy) is 1. The summed E-state index contributed by atoms with van der Waals surface area (Å²) >= 11 is 0. The lowest BCUT2D eigenvalue weighted by Gasteiger charge is -2.33. The smallest absolute Gasteiger partial charge is 0.267 e. The summed E-state index contributed by atoms with van der Waals surface area (Å²) < 4.78 is 34.0. The Labute approximate surface area is 165 Å². The number of carbonyl (C=O) groups excluding carboxylic acids is 1. The molecule has 3 rings (SSSR count). The number of primary amides is 1. The van der Waals surface area contributed by atoms with E-state index in [2.05, 4.69) is 4.98 Å². The van der Waals surface area contributed by atoms with E-state index in [1.807, 2.05) is 32.9 Å². The molecule has 1 aliphatic heterocycles. The predicted molar refractivity (Wildman–Crippen MR) is 106 cm³/mol. The molecule has 1 aromatic carbocycles. The van der Waals surface area contributed by atoms with Gasteiger partial charge in [0.1, 0.15) is 17.5 Å². The summed E-state index contributed by atoms with van der Waals surface area (Å²) in [6, 6.07) is 6.89. The number of amides is 1. The molecule has 8 heteroatoms. The summed E-state index contributed by atoms with van der Waals surface area (Å²) in [4.78, 5) is 15.6. The summed E-state index contributed by atoms with van der Waals surface area (Å²) in [5.74, 6) is -0.181. The van der Waals surface area contributed by atoms with Gasteiger partial charge in [0, 0.05) is 18.8 Å². The van der Waals surface area contributed by atoms with Gasteiger partial charge in [-0.25, -0.2) is 8.42 Å². The van der Waals surface area contributed by atoms with E-state index in [0.717, 1.165) is 23.1 Å². The Morgan fingerprint density at radius 1 is 1.21 bits per heavy atom. The molecule has 1 saturated heterocycles. The van der Waals surface area contributed by atoms with Crippen LogP contribution < -0.4 is 10.5 Å². The van der Waals surface area contributed by atoms with Crippen LogP contribution in [0.5, 0.6) is 5.75 Å². The number of benzene rings is 1. The van der Waals surface area contributed by atoms with Gasteiger partial charge in [-0.3, -0.25) is 9.78 Å². The number of carbonyl (C=O) groups is 1. The van der Waals surface area contributed by atoms with Crippen molar-refractivity contribution in [1.29, 1.82) is 0 Å². The third-order valence-corrected chi connectivity index (χ3v) is 7.00. The van der Waals surface area contributed by atoms with Crippen LogP contribution in [-0.2, 0) is 10.0 Å². The van der Waals surface area contributed by atoms with Gasteiger partial charge in [0.05, 0.1) is 11.4 Å². The van der Waals surface area contributed by atoms with E-state index in [4.69, 9.17) is 10.5 Å². The molecule has 1 atom stereocenters. The monoisotopic (exact) mass is 403 g/mol. The minimum absolute atomic E-state index is 0.115. The second-order valence-corrected chi connectivity index (χ2v) is 9.09. The lowest BCUT2D eigenvalue weighted by molar-refractivity contribution is 0.0993. The van der Waals surface area contributed by atoms with Crippen molar-refractivity contribution in [3.8, 4) is 5.75 Å². The number of aryl methyl sites for hydroxylation is 3. The summed E-state index contributed by atoms with van der Waals surface area (Å²) in [6.45, 7) is 6.32. The molecule has 7 nitrogen and oxygen atoms in total. The number of nitrogens with zero attached hydrogens (tertiary/aromatic N) is 2. The summed E-state index contributed by atoms with van der Waals surface area (Å²) in [5, 5.41) is 0. The van der Waals surface area contributed by atoms with Crippen molar-refractivity contribution in [3.05, 3.63) is 52.8 Å². The summed E-state index contributed by atoms with van der Waals surface area (Å²) in [7, 11) is -3.62. The molecule has 1 fully saturated rings. The summed E-state index contributed by atoms with van der Waals surface area (Å²) in [6.07, 6.45) is 2.57. The Kier molecular flexibility index (Phi) is 5.71. The molecule has 0 saturated carbocycles. The maximum absolute atomic E-state index is 13.3. The van der Waals surface area contributed by atoms with Gasteiger partial charge < -0.3 is 10.5 Å². The van der Waals surface area contributed by atoms with E-state index in [0.29, 0.717) is 23.6 Å². The fraction of sp³-hybridized carbons (Fsp3) is 0.400. The maximum atomic E-state index is 13.3. The maximum Gasteiger partial charge on any atom is 0.267 e. The van der Waals surface area contributed by atoms with Crippen molar-refractivity contribution in [2.75, 3.05) is 13.1 Å². The van der Waals surface area contributed by atoms with Gasteiger partial charge in [-0.2, -0.15) is 4.31 Å². The standard InChI is InChI=1S/C20H25N3O4S/c1-13-9-14(2)19(15(3)10-13)28(25,26)23-8-4-5-17(12-23)27-16-6-7-22-18(11-16)20(21)24/h6-7,9-11,17H,4-5,8,12H2,1-3H3,(H2,21,24). The van der Waals surface area contributed by atoms with Crippen molar-refractivity contribution >= 4 is 15.9 Å². The van der Waals surface area contributed by atoms with Gasteiger partial charge in [-0.15, -0.1) is 0 Å². The second kappa shape index (κ2) is 7.89. The summed E-state index contributed by atoms with van der Waals surface area (Å²) in [5.41, 5.74) is 7.91. The first-order chi connectivity index (χ1) is 13.2. The minimum atomic E-state index is -3.62. The lowest BCUT2D eigenvalue weighted by Crippen LogP contribution is -2.44. The van der Waals surface area contributed by atoms with Gasteiger partial charge >= 0.3 is 0 Å². The number of hydrogen-bond donors (Lipinski definition) is 1. The van der Waals surface area contributed by atoms with Gasteiger partial charge in [-0.1, -0.05) is 17.7 Å². The molecule has 1 unspecified atom stereocenters. The van der Waals surface area contributed by atoms with Crippen LogP contribution in [0, 0.1) is 20.8 Å². The number of hydrogen-bond acceptors (Lipinski definition) is 5. The number of aromatic nitrogens is 1. The first-order valence-corrected chi connectivity index (χ1v) is 10.6. The molecule has 28 heavy (non-hydrogen) atoms. The van der Waals surface area contributed by atoms with Gasteiger partial charge in [0.25, 0.3) is 5.91 Å². The third kappa shape index (κ3) is 4.18. The zero-order chi connectivity index (χ0) is 20.5. The molecule has 1 aliphatic rings. The molecule has 1 aromatic heterocycles. The molecule has 2 N–H and O–H groups in total. The van der Waals surface area contributed by atoms with Crippen LogP contribution in [0.1, 0.15) is 40.0 Å². The van der Waals surface area contributed by atoms with Crippen molar-refractivity contribution in [3.63, 3.8) is 0 Å². The molecule has 0 aliphatic carbocycles. The van der Waals surface area contributed by atoms with E-state index < -0.39 is 15.9 Å². The van der Waals surface area contributed by atoms with E-state index in [1.54, 1.807) is 6.07 Å². The highest BCUT2D eigenvalue weighted by Crippen LogP contribution is 2.28. The Balaban J connectivity index is 1.81. The van der Waals surface area contributed by atoms with Crippen LogP contribution in [-0.4, -0.2) is 42.8 Å². The third-order valence-electron chi connectivity index (χ3n) is 4.83. The SMILES string of the molecule is Cc1cc(C)c(S(=O)(=O)N2CCCC(Oc3ccnc(C(N)=O)c3)C2)c(C)c1. The normalized spacial score (nSPS) is 18.0. The molecular formula is C20H25N3O4S. The van der Waals surface area contributed by atoms with E-state index in [-0.39, 0.29) is 18.3 Å². The highest BCUT2D eigenvalue weighted by Gasteiger charge is 2.33. The lowest BCUT2D eigenvalue weighted by atomic mass is 10.1. The average molecular weight is 404 g/mol. The zero-order valence-electron chi connectivity index (χ0n) is 16.3. The van der Waals surface area contributed by atoms with Crippen LogP contribution in [0.2, 0.25) is 0 Å². The molecule has 2 heterocycles. The number of rotatable bonds is 5. The Bertz CT molecular complexity index is 981. The van der Waals surface area contributed by atoms with E-state index >= 15 is 0 Å². The van der Waals surface area contributed by atoms with Gasteiger partial charge in [0.15, 0.2) is 0 Å². The topological polar surface area (TPSA) is 103 Å². The Hall–Kier alpha value is -2.45. The van der Waals surface area contributed by atoms with E-state index in [1.165, 1.54) is 16.6 Å². The van der Waals surface area contributed by atoms with Crippen molar-refractivity contribution in [2.45, 2.75) is 44.6 Å². The number of sulfonamides is 1. The highest BCUT2D eigenvalue weighted by atomic mass is 32.2. The highest BCUT2D eigenvalue weighted by molar-refractivity contribution is 7.89.